The highest BCUT2D eigenvalue weighted by molar-refractivity contribution is 5.75. The number of primary amides is 1. The molecule has 8 heteroatoms. The Morgan fingerprint density at radius 2 is 1.51 bits per heavy atom. The van der Waals surface area contributed by atoms with Gasteiger partial charge in [0.25, 0.3) is 0 Å². The number of hydrogen-bond acceptors (Lipinski definition) is 7. The Labute approximate surface area is 245 Å². The molecular formula is C33H48N2O6. The van der Waals surface area contributed by atoms with Gasteiger partial charge in [-0.25, -0.2) is 9.59 Å². The van der Waals surface area contributed by atoms with E-state index in [2.05, 4.69) is 42.5 Å². The van der Waals surface area contributed by atoms with Gasteiger partial charge in [-0.1, -0.05) is 45.0 Å². The van der Waals surface area contributed by atoms with Crippen molar-refractivity contribution in [2.24, 2.45) is 17.6 Å². The summed E-state index contributed by atoms with van der Waals surface area (Å²) in [5.41, 5.74) is 6.56. The van der Waals surface area contributed by atoms with E-state index in [0.29, 0.717) is 25.4 Å². The van der Waals surface area contributed by atoms with Crippen LogP contribution in [0.2, 0.25) is 0 Å². The molecule has 1 aliphatic carbocycles. The van der Waals surface area contributed by atoms with Gasteiger partial charge in [0.15, 0.2) is 6.10 Å². The number of nitrogens with zero attached hydrogens (tertiary/aromatic N) is 1. The third kappa shape index (κ3) is 11.3. The predicted molar refractivity (Wildman–Crippen MR) is 160 cm³/mol. The monoisotopic (exact) mass is 568 g/mol. The zero-order valence-electron chi connectivity index (χ0n) is 25.8. The Balaban J connectivity index is 0.000000507. The molecule has 1 saturated carbocycles. The molecule has 0 radical (unpaired) electrons. The maximum absolute atomic E-state index is 12.6. The van der Waals surface area contributed by atoms with Crippen LogP contribution in [-0.2, 0) is 26.1 Å². The standard InChI is InChI=1S/C28H37NO4.C5H11NO2/c1-5-31-27(30)26(33-25-12-8-23(9-13-25)28(2,3)4)16-20-6-10-24(11-7-20)32-15-14-29-18-21-17-22(21)19-29;1-5(2,3)8-4(6)7/h6-13,21-22,26H,5,14-19H2,1-4H3;1-3H3,(H2,6,7)/t21?,22?,26-;/m0./s1. The molecule has 2 unspecified atom stereocenters. The van der Waals surface area contributed by atoms with Gasteiger partial charge in [-0.15, -0.1) is 0 Å². The number of benzene rings is 2. The van der Waals surface area contributed by atoms with Crippen molar-refractivity contribution in [3.05, 3.63) is 59.7 Å². The number of rotatable bonds is 10. The molecule has 1 heterocycles. The molecule has 226 valence electrons. The third-order valence-electron chi connectivity index (χ3n) is 7.03. The molecule has 3 atom stereocenters. The lowest BCUT2D eigenvalue weighted by Gasteiger charge is -2.21. The molecule has 2 fully saturated rings. The summed E-state index contributed by atoms with van der Waals surface area (Å²) in [5.74, 6) is 3.09. The van der Waals surface area contributed by atoms with Crippen molar-refractivity contribution < 1.29 is 28.5 Å². The molecule has 1 amide bonds. The molecule has 0 spiro atoms. The van der Waals surface area contributed by atoms with E-state index in [1.165, 1.54) is 25.1 Å². The van der Waals surface area contributed by atoms with Gasteiger partial charge in [0, 0.05) is 26.1 Å². The third-order valence-corrected chi connectivity index (χ3v) is 7.03. The number of fused-ring (bicyclic) bond motifs is 1. The summed E-state index contributed by atoms with van der Waals surface area (Å²) in [7, 11) is 0. The van der Waals surface area contributed by atoms with E-state index >= 15 is 0 Å². The van der Waals surface area contributed by atoms with E-state index in [1.807, 2.05) is 43.3 Å². The van der Waals surface area contributed by atoms with Gasteiger partial charge in [0.1, 0.15) is 23.7 Å². The first kappa shape index (κ1) is 32.3. The van der Waals surface area contributed by atoms with Crippen LogP contribution in [0.5, 0.6) is 11.5 Å². The fourth-order valence-electron chi connectivity index (χ4n) is 4.81. The molecular weight excluding hydrogens is 520 g/mol. The normalized spacial score (nSPS) is 18.8. The number of nitrogens with two attached hydrogens (primary N) is 1. The van der Waals surface area contributed by atoms with Gasteiger partial charge >= 0.3 is 12.1 Å². The summed E-state index contributed by atoms with van der Waals surface area (Å²) in [6.07, 6.45) is 0.449. The fraction of sp³-hybridized carbons (Fsp3) is 0.576. The van der Waals surface area contributed by atoms with Crippen LogP contribution in [0.3, 0.4) is 0 Å². The molecule has 0 bridgehead atoms. The highest BCUT2D eigenvalue weighted by atomic mass is 16.6. The molecule has 1 saturated heterocycles. The summed E-state index contributed by atoms with van der Waals surface area (Å²) in [4.78, 5) is 25.1. The van der Waals surface area contributed by atoms with Gasteiger partial charge in [-0.3, -0.25) is 4.90 Å². The van der Waals surface area contributed by atoms with Crippen molar-refractivity contribution in [2.75, 3.05) is 32.8 Å². The minimum absolute atomic E-state index is 0.0672. The van der Waals surface area contributed by atoms with Crippen molar-refractivity contribution in [1.82, 2.24) is 4.90 Å². The number of ether oxygens (including phenoxy) is 4. The second-order valence-corrected chi connectivity index (χ2v) is 12.9. The summed E-state index contributed by atoms with van der Waals surface area (Å²) in [6.45, 7) is 18.1. The Morgan fingerprint density at radius 3 is 2.00 bits per heavy atom. The van der Waals surface area contributed by atoms with Crippen LogP contribution < -0.4 is 15.2 Å². The fourth-order valence-corrected chi connectivity index (χ4v) is 4.81. The van der Waals surface area contributed by atoms with Gasteiger partial charge in [0.2, 0.25) is 0 Å². The lowest BCUT2D eigenvalue weighted by molar-refractivity contribution is -0.151. The molecule has 2 aliphatic rings. The summed E-state index contributed by atoms with van der Waals surface area (Å²) < 4.78 is 21.8. The Morgan fingerprint density at radius 1 is 0.927 bits per heavy atom. The first-order chi connectivity index (χ1) is 19.2. The van der Waals surface area contributed by atoms with E-state index in [1.54, 1.807) is 20.8 Å². The van der Waals surface area contributed by atoms with Gasteiger partial charge in [-0.05, 0) is 86.8 Å². The molecule has 41 heavy (non-hydrogen) atoms. The Bertz CT molecular complexity index is 1110. The Kier molecular flexibility index (Phi) is 11.1. The number of carbonyl (C=O) groups is 2. The maximum atomic E-state index is 12.6. The van der Waals surface area contributed by atoms with Gasteiger partial charge < -0.3 is 24.7 Å². The van der Waals surface area contributed by atoms with E-state index in [4.69, 9.17) is 19.9 Å². The summed E-state index contributed by atoms with van der Waals surface area (Å²) >= 11 is 0. The first-order valence-corrected chi connectivity index (χ1v) is 14.6. The molecule has 2 aromatic carbocycles. The minimum atomic E-state index is -0.725. The predicted octanol–water partition coefficient (Wildman–Crippen LogP) is 5.75. The van der Waals surface area contributed by atoms with Crippen LogP contribution in [-0.4, -0.2) is 61.5 Å². The minimum Gasteiger partial charge on any atom is -0.492 e. The van der Waals surface area contributed by atoms with E-state index in [-0.39, 0.29) is 11.4 Å². The molecule has 2 aromatic rings. The van der Waals surface area contributed by atoms with Crippen molar-refractivity contribution in [3.63, 3.8) is 0 Å². The number of amides is 1. The maximum Gasteiger partial charge on any atom is 0.405 e. The smallest absolute Gasteiger partial charge is 0.405 e. The number of likely N-dealkylation sites (tertiary alicyclic amines) is 1. The quantitative estimate of drug-likeness (QED) is 0.364. The average Bonchev–Trinajstić information content (AvgIpc) is 3.48. The number of piperidine rings is 1. The number of esters is 1. The Hall–Kier alpha value is -3.26. The number of carbonyl (C=O) groups excluding carboxylic acids is 2. The van der Waals surface area contributed by atoms with E-state index in [9.17, 15) is 9.59 Å². The summed E-state index contributed by atoms with van der Waals surface area (Å²) in [5, 5.41) is 0. The van der Waals surface area contributed by atoms with Crippen LogP contribution >= 0.6 is 0 Å². The van der Waals surface area contributed by atoms with Crippen LogP contribution in [0.15, 0.2) is 48.5 Å². The van der Waals surface area contributed by atoms with Gasteiger partial charge in [0.05, 0.1) is 6.61 Å². The summed E-state index contributed by atoms with van der Waals surface area (Å²) in [6, 6.07) is 15.9. The van der Waals surface area contributed by atoms with Gasteiger partial charge in [-0.2, -0.15) is 0 Å². The van der Waals surface area contributed by atoms with Crippen LogP contribution in [0.4, 0.5) is 4.79 Å². The molecule has 2 N–H and O–H groups in total. The molecule has 8 nitrogen and oxygen atoms in total. The van der Waals surface area contributed by atoms with Crippen molar-refractivity contribution in [1.29, 1.82) is 0 Å². The molecule has 4 rings (SSSR count). The first-order valence-electron chi connectivity index (χ1n) is 14.6. The van der Waals surface area contributed by atoms with Crippen LogP contribution in [0, 0.1) is 11.8 Å². The lowest BCUT2D eigenvalue weighted by Crippen LogP contribution is -2.31. The van der Waals surface area contributed by atoms with E-state index in [0.717, 1.165) is 29.7 Å². The zero-order valence-corrected chi connectivity index (χ0v) is 25.8. The molecule has 1 aliphatic heterocycles. The van der Waals surface area contributed by atoms with Crippen LogP contribution in [0.1, 0.15) is 66.0 Å². The highest BCUT2D eigenvalue weighted by Crippen LogP contribution is 2.44. The second-order valence-electron chi connectivity index (χ2n) is 12.9. The largest absolute Gasteiger partial charge is 0.492 e. The lowest BCUT2D eigenvalue weighted by atomic mass is 9.87. The topological polar surface area (TPSA) is 100 Å². The highest BCUT2D eigenvalue weighted by Gasteiger charge is 2.44. The molecule has 0 aromatic heterocycles. The average molecular weight is 569 g/mol. The zero-order chi connectivity index (χ0) is 30.2. The van der Waals surface area contributed by atoms with Crippen molar-refractivity contribution in [3.8, 4) is 11.5 Å². The van der Waals surface area contributed by atoms with Crippen molar-refractivity contribution >= 4 is 12.1 Å². The number of hydrogen-bond donors (Lipinski definition) is 1. The van der Waals surface area contributed by atoms with E-state index < -0.39 is 17.8 Å². The van der Waals surface area contributed by atoms with Crippen LogP contribution in [0.25, 0.3) is 0 Å². The second kappa shape index (κ2) is 14.1. The SMILES string of the molecule is CC(C)(C)OC(N)=O.CCOC(=O)[C@H](Cc1ccc(OCCN2CC3CC3C2)cc1)Oc1ccc(C(C)(C)C)cc1. The van der Waals surface area contributed by atoms with Crippen molar-refractivity contribution in [2.45, 2.75) is 78.4 Å².